The normalized spacial score (nSPS) is 12.7. The number of hydrogen-bond acceptors (Lipinski definition) is 3. The zero-order valence-corrected chi connectivity index (χ0v) is 14.9. The molecule has 27 heavy (non-hydrogen) atoms. The highest BCUT2D eigenvalue weighted by Crippen LogP contribution is 2.30. The number of rotatable bonds is 7. The predicted molar refractivity (Wildman–Crippen MR) is 102 cm³/mol. The number of carbonyl (C=O) groups is 3. The van der Waals surface area contributed by atoms with Crippen LogP contribution >= 0.6 is 0 Å². The molecule has 0 saturated heterocycles. The van der Waals surface area contributed by atoms with Gasteiger partial charge in [-0.3, -0.25) is 14.4 Å². The minimum atomic E-state index is -0.290. The lowest BCUT2D eigenvalue weighted by Gasteiger charge is -2.17. The van der Waals surface area contributed by atoms with Crippen LogP contribution in [0.15, 0.2) is 61.2 Å². The Hall–Kier alpha value is -3.41. The van der Waals surface area contributed by atoms with Crippen molar-refractivity contribution in [2.45, 2.75) is 13.0 Å². The summed E-state index contributed by atoms with van der Waals surface area (Å²) in [7, 11) is 0. The molecule has 6 nitrogen and oxygen atoms in total. The van der Waals surface area contributed by atoms with Gasteiger partial charge in [0.25, 0.3) is 5.91 Å². The molecule has 0 spiro atoms. The Balaban J connectivity index is 1.41. The van der Waals surface area contributed by atoms with E-state index in [1.807, 2.05) is 42.5 Å². The minimum absolute atomic E-state index is 0.0964. The molecule has 0 aliphatic carbocycles. The molecule has 0 atom stereocenters. The maximum atomic E-state index is 12.4. The molecular formula is C21H21N3O3. The molecule has 0 saturated carbocycles. The molecule has 1 heterocycles. The molecule has 1 aliphatic heterocycles. The summed E-state index contributed by atoms with van der Waals surface area (Å²) in [5, 5.41) is 5.32. The van der Waals surface area contributed by atoms with Crippen LogP contribution in [-0.4, -0.2) is 35.7 Å². The first-order valence-electron chi connectivity index (χ1n) is 8.74. The van der Waals surface area contributed by atoms with Crippen molar-refractivity contribution >= 4 is 23.4 Å². The number of hydrogen-bond donors (Lipinski definition) is 2. The summed E-state index contributed by atoms with van der Waals surface area (Å²) in [4.78, 5) is 37.7. The van der Waals surface area contributed by atoms with E-state index in [-0.39, 0.29) is 37.2 Å². The average Bonchev–Trinajstić information content (AvgIpc) is 2.94. The SMILES string of the molecule is C=C1c2ccccc2C(=O)N1CCC(=O)NCC(=O)NCc1ccccc1. The predicted octanol–water partition coefficient (Wildman–Crippen LogP) is 1.94. The van der Waals surface area contributed by atoms with Crippen LogP contribution in [0, 0.1) is 0 Å². The highest BCUT2D eigenvalue weighted by atomic mass is 16.2. The van der Waals surface area contributed by atoms with Gasteiger partial charge in [0, 0.05) is 36.3 Å². The van der Waals surface area contributed by atoms with E-state index in [0.29, 0.717) is 17.8 Å². The topological polar surface area (TPSA) is 78.5 Å². The van der Waals surface area contributed by atoms with E-state index >= 15 is 0 Å². The lowest BCUT2D eigenvalue weighted by Crippen LogP contribution is -2.38. The number of amides is 3. The Morgan fingerprint density at radius 2 is 1.56 bits per heavy atom. The van der Waals surface area contributed by atoms with Gasteiger partial charge in [-0.1, -0.05) is 55.1 Å². The Morgan fingerprint density at radius 3 is 2.26 bits per heavy atom. The molecule has 3 rings (SSSR count). The van der Waals surface area contributed by atoms with Gasteiger partial charge in [0.15, 0.2) is 0 Å². The van der Waals surface area contributed by atoms with Crippen LogP contribution in [0.5, 0.6) is 0 Å². The lowest BCUT2D eigenvalue weighted by molar-refractivity contribution is -0.126. The largest absolute Gasteiger partial charge is 0.350 e. The van der Waals surface area contributed by atoms with Gasteiger partial charge in [0.1, 0.15) is 0 Å². The van der Waals surface area contributed by atoms with E-state index < -0.39 is 0 Å². The first kappa shape index (κ1) is 18.4. The number of nitrogens with one attached hydrogen (secondary N) is 2. The second kappa shape index (κ2) is 8.31. The fraction of sp³-hybridized carbons (Fsp3) is 0.190. The maximum Gasteiger partial charge on any atom is 0.258 e. The summed E-state index contributed by atoms with van der Waals surface area (Å²) in [6.07, 6.45) is 0.102. The average molecular weight is 363 g/mol. The van der Waals surface area contributed by atoms with Crippen molar-refractivity contribution in [1.29, 1.82) is 0 Å². The van der Waals surface area contributed by atoms with Crippen molar-refractivity contribution in [3.63, 3.8) is 0 Å². The highest BCUT2D eigenvalue weighted by molar-refractivity contribution is 6.08. The first-order valence-corrected chi connectivity index (χ1v) is 8.74. The van der Waals surface area contributed by atoms with Crippen LogP contribution in [-0.2, 0) is 16.1 Å². The van der Waals surface area contributed by atoms with Crippen molar-refractivity contribution in [3.05, 3.63) is 77.9 Å². The highest BCUT2D eigenvalue weighted by Gasteiger charge is 2.30. The standard InChI is InChI=1S/C21H21N3O3/c1-15-17-9-5-6-10-18(17)21(27)24(15)12-11-19(25)23-14-20(26)22-13-16-7-3-2-4-8-16/h2-10H,1,11-14H2,(H,22,26)(H,23,25). The molecule has 2 N–H and O–H groups in total. The van der Waals surface area contributed by atoms with Crippen LogP contribution in [0.3, 0.4) is 0 Å². The molecule has 138 valence electrons. The molecule has 0 aromatic heterocycles. The van der Waals surface area contributed by atoms with Crippen LogP contribution in [0.1, 0.15) is 27.9 Å². The van der Waals surface area contributed by atoms with Gasteiger partial charge in [-0.2, -0.15) is 0 Å². The summed E-state index contributed by atoms with van der Waals surface area (Å²) in [6.45, 7) is 4.48. The second-order valence-electron chi connectivity index (χ2n) is 6.24. The van der Waals surface area contributed by atoms with Crippen LogP contribution in [0.2, 0.25) is 0 Å². The van der Waals surface area contributed by atoms with Gasteiger partial charge in [0.2, 0.25) is 11.8 Å². The lowest BCUT2D eigenvalue weighted by atomic mass is 10.1. The number of benzene rings is 2. The Morgan fingerprint density at radius 1 is 0.889 bits per heavy atom. The Bertz CT molecular complexity index is 842. The number of fused-ring (bicyclic) bond motifs is 1. The zero-order chi connectivity index (χ0) is 19.2. The van der Waals surface area contributed by atoms with Gasteiger partial charge in [-0.05, 0) is 11.6 Å². The van der Waals surface area contributed by atoms with Gasteiger partial charge in [-0.25, -0.2) is 0 Å². The third-order valence-electron chi connectivity index (χ3n) is 4.38. The van der Waals surface area contributed by atoms with Crippen LogP contribution < -0.4 is 10.6 Å². The Kier molecular flexibility index (Phi) is 5.66. The fourth-order valence-electron chi connectivity index (χ4n) is 2.91. The maximum absolute atomic E-state index is 12.4. The van der Waals surface area contributed by atoms with Crippen molar-refractivity contribution in [2.75, 3.05) is 13.1 Å². The van der Waals surface area contributed by atoms with Crippen molar-refractivity contribution in [2.24, 2.45) is 0 Å². The van der Waals surface area contributed by atoms with Crippen molar-refractivity contribution in [3.8, 4) is 0 Å². The molecule has 1 aliphatic rings. The minimum Gasteiger partial charge on any atom is -0.350 e. The molecule has 0 fully saturated rings. The van der Waals surface area contributed by atoms with Crippen molar-refractivity contribution in [1.82, 2.24) is 15.5 Å². The van der Waals surface area contributed by atoms with Gasteiger partial charge in [-0.15, -0.1) is 0 Å². The summed E-state index contributed by atoms with van der Waals surface area (Å²) < 4.78 is 0. The molecule has 0 unspecified atom stereocenters. The smallest absolute Gasteiger partial charge is 0.258 e. The third-order valence-corrected chi connectivity index (χ3v) is 4.38. The van der Waals surface area contributed by atoms with E-state index in [0.717, 1.165) is 11.1 Å². The molecule has 3 amide bonds. The van der Waals surface area contributed by atoms with Crippen molar-refractivity contribution < 1.29 is 14.4 Å². The molecule has 0 radical (unpaired) electrons. The zero-order valence-electron chi connectivity index (χ0n) is 14.9. The molecule has 0 bridgehead atoms. The summed E-state index contributed by atoms with van der Waals surface area (Å²) in [5.74, 6) is -0.702. The Labute approximate surface area is 157 Å². The quantitative estimate of drug-likeness (QED) is 0.789. The second-order valence-corrected chi connectivity index (χ2v) is 6.24. The summed E-state index contributed by atoms with van der Waals surface area (Å²) in [6, 6.07) is 16.8. The number of nitrogens with zero attached hydrogens (tertiary/aromatic N) is 1. The fourth-order valence-corrected chi connectivity index (χ4v) is 2.91. The van der Waals surface area contributed by atoms with E-state index in [1.165, 1.54) is 4.90 Å². The molecule has 2 aromatic carbocycles. The van der Waals surface area contributed by atoms with E-state index in [4.69, 9.17) is 0 Å². The first-order chi connectivity index (χ1) is 13.1. The summed E-state index contributed by atoms with van der Waals surface area (Å²) >= 11 is 0. The molecule has 6 heteroatoms. The third kappa shape index (κ3) is 4.41. The van der Waals surface area contributed by atoms with E-state index in [2.05, 4.69) is 17.2 Å². The van der Waals surface area contributed by atoms with Gasteiger partial charge in [0.05, 0.1) is 6.54 Å². The molecular weight excluding hydrogens is 342 g/mol. The van der Waals surface area contributed by atoms with E-state index in [1.54, 1.807) is 12.1 Å². The van der Waals surface area contributed by atoms with Crippen LogP contribution in [0.25, 0.3) is 5.70 Å². The monoisotopic (exact) mass is 363 g/mol. The molecule has 2 aromatic rings. The van der Waals surface area contributed by atoms with E-state index in [9.17, 15) is 14.4 Å². The van der Waals surface area contributed by atoms with Crippen LogP contribution in [0.4, 0.5) is 0 Å². The number of carbonyl (C=O) groups excluding carboxylic acids is 3. The van der Waals surface area contributed by atoms with Gasteiger partial charge >= 0.3 is 0 Å². The van der Waals surface area contributed by atoms with Gasteiger partial charge < -0.3 is 15.5 Å². The summed E-state index contributed by atoms with van der Waals surface area (Å²) in [5.41, 5.74) is 2.98.